The van der Waals surface area contributed by atoms with Crippen LogP contribution in [0.2, 0.25) is 0 Å². The maximum absolute atomic E-state index is 11.3. The normalized spacial score (nSPS) is 25.5. The van der Waals surface area contributed by atoms with Crippen molar-refractivity contribution < 1.29 is 5.11 Å². The Balaban J connectivity index is 2.28. The van der Waals surface area contributed by atoms with Gasteiger partial charge in [-0.1, -0.05) is 38.5 Å². The zero-order valence-electron chi connectivity index (χ0n) is 8.22. The molecule has 0 aliphatic heterocycles. The van der Waals surface area contributed by atoms with Crippen molar-refractivity contribution in [2.75, 3.05) is 0 Å². The van der Waals surface area contributed by atoms with Gasteiger partial charge in [-0.2, -0.15) is 0 Å². The van der Waals surface area contributed by atoms with E-state index in [1.165, 1.54) is 51.4 Å². The summed E-state index contributed by atoms with van der Waals surface area (Å²) in [5.41, 5.74) is 0. The Morgan fingerprint density at radius 2 is 1.33 bits per heavy atom. The highest BCUT2D eigenvalue weighted by Gasteiger charge is 2.16. The van der Waals surface area contributed by atoms with E-state index in [1.54, 1.807) is 0 Å². The minimum Gasteiger partial charge on any atom is -0.233 e. The molecule has 1 radical (unpaired) electrons. The monoisotopic (exact) mass is 169 g/mol. The van der Waals surface area contributed by atoms with Gasteiger partial charge in [0.05, 0.1) is 6.10 Å². The molecule has 1 fully saturated rings. The third-order valence-electron chi connectivity index (χ3n) is 3.06. The van der Waals surface area contributed by atoms with Crippen LogP contribution in [0.25, 0.3) is 0 Å². The van der Waals surface area contributed by atoms with Gasteiger partial charge in [0.15, 0.2) is 0 Å². The average molecular weight is 169 g/mol. The summed E-state index contributed by atoms with van der Waals surface area (Å²) in [6.07, 6.45) is 10.1. The van der Waals surface area contributed by atoms with Gasteiger partial charge in [-0.05, 0) is 25.7 Å². The number of hydrogen-bond acceptors (Lipinski definition) is 0. The molecule has 0 heterocycles. The highest BCUT2D eigenvalue weighted by molar-refractivity contribution is 4.66. The fraction of sp³-hybridized carbons (Fsp3) is 1.00. The van der Waals surface area contributed by atoms with Crippen LogP contribution in [0.5, 0.6) is 0 Å². The molecule has 12 heavy (non-hydrogen) atoms. The Morgan fingerprint density at radius 1 is 0.917 bits per heavy atom. The molecule has 1 heteroatoms. The van der Waals surface area contributed by atoms with Crippen molar-refractivity contribution in [3.63, 3.8) is 0 Å². The Bertz CT molecular complexity index is 99.6. The van der Waals surface area contributed by atoms with Gasteiger partial charge in [0, 0.05) is 0 Å². The van der Waals surface area contributed by atoms with E-state index in [2.05, 4.69) is 0 Å². The van der Waals surface area contributed by atoms with Crippen molar-refractivity contribution in [3.05, 3.63) is 0 Å². The molecule has 0 amide bonds. The van der Waals surface area contributed by atoms with Crippen molar-refractivity contribution in [2.45, 2.75) is 64.4 Å². The summed E-state index contributed by atoms with van der Waals surface area (Å²) in [4.78, 5) is 0. The topological polar surface area (TPSA) is 19.9 Å². The van der Waals surface area contributed by atoms with Crippen LogP contribution in [0, 0.1) is 5.92 Å². The second-order valence-corrected chi connectivity index (χ2v) is 4.16. The van der Waals surface area contributed by atoms with Crippen LogP contribution in [-0.4, -0.2) is 6.10 Å². The number of rotatable bonds is 1. The molecule has 1 unspecified atom stereocenters. The van der Waals surface area contributed by atoms with Crippen LogP contribution in [0.3, 0.4) is 0 Å². The van der Waals surface area contributed by atoms with Crippen LogP contribution >= 0.6 is 0 Å². The van der Waals surface area contributed by atoms with Gasteiger partial charge in [-0.3, -0.25) is 0 Å². The Hall–Kier alpha value is -0.0400. The fourth-order valence-corrected chi connectivity index (χ4v) is 2.13. The Morgan fingerprint density at radius 3 is 1.75 bits per heavy atom. The standard InChI is InChI=1S/C11H21O/c1-10(12)11-8-6-4-2-3-5-7-9-11/h10-11H,2-9H2,1H3. The van der Waals surface area contributed by atoms with E-state index in [9.17, 15) is 5.11 Å². The molecule has 0 saturated heterocycles. The van der Waals surface area contributed by atoms with Crippen molar-refractivity contribution in [3.8, 4) is 0 Å². The summed E-state index contributed by atoms with van der Waals surface area (Å²) in [7, 11) is 0. The molecule has 1 aliphatic rings. The van der Waals surface area contributed by atoms with Gasteiger partial charge < -0.3 is 0 Å². The van der Waals surface area contributed by atoms with E-state index in [4.69, 9.17) is 0 Å². The van der Waals surface area contributed by atoms with Gasteiger partial charge in [0.1, 0.15) is 0 Å². The first kappa shape index (κ1) is 10.0. The lowest BCUT2D eigenvalue weighted by molar-refractivity contribution is 0.0432. The van der Waals surface area contributed by atoms with Crippen molar-refractivity contribution in [1.82, 2.24) is 0 Å². The van der Waals surface area contributed by atoms with Crippen molar-refractivity contribution in [2.24, 2.45) is 5.92 Å². The predicted molar refractivity (Wildman–Crippen MR) is 50.6 cm³/mol. The molecule has 0 aromatic rings. The zero-order valence-corrected chi connectivity index (χ0v) is 8.22. The van der Waals surface area contributed by atoms with Gasteiger partial charge in [-0.15, -0.1) is 0 Å². The molecular formula is C11H21O. The SMILES string of the molecule is CC([O])C1CCCCCCCC1. The quantitative estimate of drug-likeness (QED) is 0.572. The van der Waals surface area contributed by atoms with Gasteiger partial charge in [-0.25, -0.2) is 5.11 Å². The molecule has 1 atom stereocenters. The van der Waals surface area contributed by atoms with Crippen molar-refractivity contribution in [1.29, 1.82) is 0 Å². The molecule has 0 aromatic heterocycles. The van der Waals surface area contributed by atoms with E-state index in [1.807, 2.05) is 6.92 Å². The van der Waals surface area contributed by atoms with Crippen LogP contribution < -0.4 is 0 Å². The highest BCUT2D eigenvalue weighted by Crippen LogP contribution is 2.24. The Labute approximate surface area is 76.2 Å². The molecule has 71 valence electrons. The molecule has 1 nitrogen and oxygen atoms in total. The smallest absolute Gasteiger partial charge is 0.0930 e. The van der Waals surface area contributed by atoms with Gasteiger partial charge >= 0.3 is 0 Å². The van der Waals surface area contributed by atoms with Crippen LogP contribution in [-0.2, 0) is 5.11 Å². The summed E-state index contributed by atoms with van der Waals surface area (Å²) < 4.78 is 0. The van der Waals surface area contributed by atoms with Crippen LogP contribution in [0.4, 0.5) is 0 Å². The minimum absolute atomic E-state index is 0.330. The van der Waals surface area contributed by atoms with Crippen LogP contribution in [0.1, 0.15) is 58.3 Å². The molecule has 1 rings (SSSR count). The molecule has 1 aliphatic carbocycles. The summed E-state index contributed by atoms with van der Waals surface area (Å²) >= 11 is 0. The van der Waals surface area contributed by atoms with E-state index < -0.39 is 0 Å². The highest BCUT2D eigenvalue weighted by atomic mass is 16.3. The summed E-state index contributed by atoms with van der Waals surface area (Å²) in [5.74, 6) is 0.475. The third-order valence-corrected chi connectivity index (χ3v) is 3.06. The summed E-state index contributed by atoms with van der Waals surface area (Å²) in [6, 6.07) is 0. The molecular weight excluding hydrogens is 148 g/mol. The van der Waals surface area contributed by atoms with E-state index in [-0.39, 0.29) is 6.10 Å². The van der Waals surface area contributed by atoms with E-state index in [0.29, 0.717) is 5.92 Å². The van der Waals surface area contributed by atoms with E-state index >= 15 is 0 Å². The van der Waals surface area contributed by atoms with Gasteiger partial charge in [0.2, 0.25) is 0 Å². The lowest BCUT2D eigenvalue weighted by atomic mass is 9.92. The zero-order chi connectivity index (χ0) is 8.81. The lowest BCUT2D eigenvalue weighted by Crippen LogP contribution is -2.14. The van der Waals surface area contributed by atoms with Crippen molar-refractivity contribution >= 4 is 0 Å². The minimum atomic E-state index is -0.330. The molecule has 0 N–H and O–H groups in total. The number of hydrogen-bond donors (Lipinski definition) is 0. The third kappa shape index (κ3) is 3.57. The first-order chi connectivity index (χ1) is 5.80. The van der Waals surface area contributed by atoms with Gasteiger partial charge in [0.25, 0.3) is 0 Å². The first-order valence-corrected chi connectivity index (χ1v) is 5.46. The first-order valence-electron chi connectivity index (χ1n) is 5.46. The molecule has 0 spiro atoms. The maximum atomic E-state index is 11.3. The summed E-state index contributed by atoms with van der Waals surface area (Å²) in [5, 5.41) is 11.3. The molecule has 1 saturated carbocycles. The average Bonchev–Trinajstić information content (AvgIpc) is 2.15. The molecule has 0 aromatic carbocycles. The fourth-order valence-electron chi connectivity index (χ4n) is 2.13. The maximum Gasteiger partial charge on any atom is 0.0930 e. The second kappa shape index (κ2) is 5.58. The van der Waals surface area contributed by atoms with Crippen LogP contribution in [0.15, 0.2) is 0 Å². The second-order valence-electron chi connectivity index (χ2n) is 4.16. The molecule has 0 bridgehead atoms. The predicted octanol–water partition coefficient (Wildman–Crippen LogP) is 3.56. The Kier molecular flexibility index (Phi) is 4.67. The largest absolute Gasteiger partial charge is 0.233 e. The lowest BCUT2D eigenvalue weighted by Gasteiger charge is -2.16. The summed E-state index contributed by atoms with van der Waals surface area (Å²) in [6.45, 7) is 1.84. The van der Waals surface area contributed by atoms with E-state index in [0.717, 1.165) is 0 Å².